The first-order valence-electron chi connectivity index (χ1n) is 9.23. The van der Waals surface area contributed by atoms with E-state index in [1.807, 2.05) is 19.1 Å². The number of ether oxygens (including phenoxy) is 2. The van der Waals surface area contributed by atoms with Crippen LogP contribution in [-0.2, 0) is 14.4 Å². The molecule has 2 aromatic rings. The molecule has 0 saturated carbocycles. The number of nitrogens with zero attached hydrogens (tertiary/aromatic N) is 2. The fraction of sp³-hybridized carbons (Fsp3) is 0.190. The van der Waals surface area contributed by atoms with Gasteiger partial charge < -0.3 is 14.8 Å². The van der Waals surface area contributed by atoms with Gasteiger partial charge in [-0.2, -0.15) is 5.10 Å². The summed E-state index contributed by atoms with van der Waals surface area (Å²) in [4.78, 5) is 38.2. The van der Waals surface area contributed by atoms with Crippen LogP contribution in [0.2, 0.25) is 0 Å². The summed E-state index contributed by atoms with van der Waals surface area (Å²) in [6, 6.07) is 13.8. The summed E-state index contributed by atoms with van der Waals surface area (Å²) < 4.78 is 10.4. The zero-order chi connectivity index (χ0) is 22.4. The third kappa shape index (κ3) is 5.43. The van der Waals surface area contributed by atoms with Crippen molar-refractivity contribution in [2.24, 2.45) is 11.0 Å². The molecule has 0 aromatic heterocycles. The first kappa shape index (κ1) is 21.9. The summed E-state index contributed by atoms with van der Waals surface area (Å²) >= 11 is 5.13. The van der Waals surface area contributed by atoms with Gasteiger partial charge in [0.05, 0.1) is 12.8 Å². The minimum atomic E-state index is -1.24. The molecule has 9 nitrogen and oxygen atoms in total. The van der Waals surface area contributed by atoms with E-state index in [1.54, 1.807) is 43.5 Å². The first-order valence-corrected chi connectivity index (χ1v) is 9.64. The quantitative estimate of drug-likeness (QED) is 0.293. The zero-order valence-corrected chi connectivity index (χ0v) is 17.6. The number of aryl methyl sites for hydroxylation is 1. The number of thiocarbonyl (C=S) groups is 1. The van der Waals surface area contributed by atoms with Gasteiger partial charge in [-0.05, 0) is 55.5 Å². The number of benzene rings is 2. The fourth-order valence-corrected chi connectivity index (χ4v) is 2.99. The van der Waals surface area contributed by atoms with Crippen LogP contribution >= 0.6 is 12.2 Å². The topological polar surface area (TPSA) is 109 Å². The molecule has 0 aliphatic carbocycles. The Morgan fingerprint density at radius 2 is 1.81 bits per heavy atom. The average molecular weight is 440 g/mol. The van der Waals surface area contributed by atoms with Crippen LogP contribution in [0.4, 0.5) is 5.69 Å². The number of anilines is 1. The van der Waals surface area contributed by atoms with Crippen molar-refractivity contribution in [2.75, 3.05) is 18.6 Å². The van der Waals surface area contributed by atoms with E-state index >= 15 is 0 Å². The lowest BCUT2D eigenvalue weighted by Gasteiger charge is -2.30. The summed E-state index contributed by atoms with van der Waals surface area (Å²) in [5, 5.41) is 6.19. The van der Waals surface area contributed by atoms with Crippen LogP contribution in [0.15, 0.2) is 53.6 Å². The van der Waals surface area contributed by atoms with Crippen molar-refractivity contribution < 1.29 is 23.9 Å². The van der Waals surface area contributed by atoms with Gasteiger partial charge >= 0.3 is 0 Å². The molecule has 10 heteroatoms. The van der Waals surface area contributed by atoms with Crippen LogP contribution < -0.4 is 25.1 Å². The van der Waals surface area contributed by atoms with Gasteiger partial charge in [0.25, 0.3) is 11.8 Å². The van der Waals surface area contributed by atoms with Gasteiger partial charge in [0, 0.05) is 6.21 Å². The number of carbonyl (C=O) groups is 3. The molecule has 0 spiro atoms. The highest BCUT2D eigenvalue weighted by Gasteiger charge is 2.38. The van der Waals surface area contributed by atoms with E-state index in [9.17, 15) is 14.4 Å². The SMILES string of the molecule is COc1ccc(OCC(=O)N/N=C\[C@@H]2C(=O)NC(=S)N(c3ccc(C)cc3)C2=O)cc1. The van der Waals surface area contributed by atoms with Crippen molar-refractivity contribution in [3.05, 3.63) is 54.1 Å². The Morgan fingerprint density at radius 3 is 2.45 bits per heavy atom. The standard InChI is InChI=1S/C21H20N4O5S/c1-13-3-5-14(6-4-13)25-20(28)17(19(27)23-21(25)31)11-22-24-18(26)12-30-16-9-7-15(29-2)8-10-16/h3-11,17H,12H2,1-2H3,(H,24,26)(H,23,27,31)/b22-11-/t17-/m1/s1. The number of methoxy groups -OCH3 is 1. The molecule has 1 fully saturated rings. The van der Waals surface area contributed by atoms with Crippen LogP contribution in [0, 0.1) is 12.8 Å². The van der Waals surface area contributed by atoms with E-state index in [4.69, 9.17) is 21.7 Å². The highest BCUT2D eigenvalue weighted by Crippen LogP contribution is 2.21. The van der Waals surface area contributed by atoms with Crippen LogP contribution in [0.25, 0.3) is 0 Å². The number of amides is 3. The second kappa shape index (κ2) is 9.81. The highest BCUT2D eigenvalue weighted by atomic mass is 32.1. The lowest BCUT2D eigenvalue weighted by molar-refractivity contribution is -0.130. The number of nitrogens with one attached hydrogen (secondary N) is 2. The molecule has 1 atom stereocenters. The van der Waals surface area contributed by atoms with E-state index in [0.29, 0.717) is 17.2 Å². The van der Waals surface area contributed by atoms with Crippen molar-refractivity contribution in [2.45, 2.75) is 6.92 Å². The molecule has 1 aliphatic heterocycles. The smallest absolute Gasteiger partial charge is 0.277 e. The van der Waals surface area contributed by atoms with Gasteiger partial charge in [-0.1, -0.05) is 17.7 Å². The Labute approximate surface area is 184 Å². The Kier molecular flexibility index (Phi) is 6.93. The molecule has 0 radical (unpaired) electrons. The van der Waals surface area contributed by atoms with Crippen molar-refractivity contribution in [3.63, 3.8) is 0 Å². The van der Waals surface area contributed by atoms with E-state index in [0.717, 1.165) is 11.8 Å². The zero-order valence-electron chi connectivity index (χ0n) is 16.8. The second-order valence-electron chi connectivity index (χ2n) is 6.56. The molecule has 160 valence electrons. The van der Waals surface area contributed by atoms with Gasteiger partial charge in [-0.15, -0.1) is 0 Å². The lowest BCUT2D eigenvalue weighted by atomic mass is 10.1. The summed E-state index contributed by atoms with van der Waals surface area (Å²) in [5.74, 6) is -1.84. The molecule has 2 N–H and O–H groups in total. The van der Waals surface area contributed by atoms with Crippen molar-refractivity contribution in [1.82, 2.24) is 10.7 Å². The number of hydrogen-bond donors (Lipinski definition) is 2. The van der Waals surface area contributed by atoms with E-state index in [1.165, 1.54) is 4.90 Å². The maximum Gasteiger partial charge on any atom is 0.277 e. The molecule has 0 unspecified atom stereocenters. The Bertz CT molecular complexity index is 1020. The van der Waals surface area contributed by atoms with Gasteiger partial charge in [0.2, 0.25) is 5.91 Å². The molecular weight excluding hydrogens is 420 g/mol. The molecular formula is C21H20N4O5S. The van der Waals surface area contributed by atoms with Crippen LogP contribution in [0.5, 0.6) is 11.5 Å². The molecule has 1 aliphatic rings. The van der Waals surface area contributed by atoms with Crippen LogP contribution in [-0.4, -0.2) is 42.8 Å². The molecule has 1 saturated heterocycles. The molecule has 3 amide bonds. The molecule has 2 aromatic carbocycles. The maximum absolute atomic E-state index is 12.8. The van der Waals surface area contributed by atoms with Crippen LogP contribution in [0.3, 0.4) is 0 Å². The van der Waals surface area contributed by atoms with Gasteiger partial charge in [-0.3, -0.25) is 19.3 Å². The third-order valence-electron chi connectivity index (χ3n) is 4.34. The minimum Gasteiger partial charge on any atom is -0.497 e. The molecule has 1 heterocycles. The normalized spacial score (nSPS) is 16.3. The van der Waals surface area contributed by atoms with E-state index in [-0.39, 0.29) is 11.7 Å². The summed E-state index contributed by atoms with van der Waals surface area (Å²) in [6.07, 6.45) is 1.06. The molecule has 3 rings (SSSR count). The number of carbonyl (C=O) groups excluding carboxylic acids is 3. The summed E-state index contributed by atoms with van der Waals surface area (Å²) in [5.41, 5.74) is 3.77. The molecule has 0 bridgehead atoms. The third-order valence-corrected chi connectivity index (χ3v) is 4.62. The number of hydrogen-bond acceptors (Lipinski definition) is 7. The predicted octanol–water partition coefficient (Wildman–Crippen LogP) is 1.55. The predicted molar refractivity (Wildman–Crippen MR) is 118 cm³/mol. The van der Waals surface area contributed by atoms with Gasteiger partial charge in [0.15, 0.2) is 17.6 Å². The number of rotatable bonds is 7. The Morgan fingerprint density at radius 1 is 1.16 bits per heavy atom. The fourth-order valence-electron chi connectivity index (χ4n) is 2.70. The van der Waals surface area contributed by atoms with E-state index < -0.39 is 23.6 Å². The Balaban J connectivity index is 1.58. The second-order valence-corrected chi connectivity index (χ2v) is 6.95. The highest BCUT2D eigenvalue weighted by molar-refractivity contribution is 7.80. The average Bonchev–Trinajstić information content (AvgIpc) is 2.76. The maximum atomic E-state index is 12.8. The van der Waals surface area contributed by atoms with Crippen molar-refractivity contribution in [3.8, 4) is 11.5 Å². The van der Waals surface area contributed by atoms with Crippen LogP contribution in [0.1, 0.15) is 5.56 Å². The first-order chi connectivity index (χ1) is 14.9. The van der Waals surface area contributed by atoms with Gasteiger partial charge in [-0.25, -0.2) is 5.43 Å². The van der Waals surface area contributed by atoms with Crippen molar-refractivity contribution in [1.29, 1.82) is 0 Å². The Hall–Kier alpha value is -3.79. The van der Waals surface area contributed by atoms with Crippen molar-refractivity contribution >= 4 is 47.0 Å². The minimum absolute atomic E-state index is 0.0135. The van der Waals surface area contributed by atoms with E-state index in [2.05, 4.69) is 15.8 Å². The monoisotopic (exact) mass is 440 g/mol. The van der Waals surface area contributed by atoms with Gasteiger partial charge in [0.1, 0.15) is 11.5 Å². The number of hydrazone groups is 1. The summed E-state index contributed by atoms with van der Waals surface area (Å²) in [6.45, 7) is 1.62. The lowest BCUT2D eigenvalue weighted by Crippen LogP contribution is -2.58. The largest absolute Gasteiger partial charge is 0.497 e. The molecule has 31 heavy (non-hydrogen) atoms. The summed E-state index contributed by atoms with van der Waals surface area (Å²) in [7, 11) is 1.55.